The Morgan fingerprint density at radius 3 is 3.10 bits per heavy atom. The molecule has 0 amide bonds. The van der Waals surface area contributed by atoms with Gasteiger partial charge in [-0.25, -0.2) is 4.98 Å². The van der Waals surface area contributed by atoms with E-state index in [0.29, 0.717) is 0 Å². The molecule has 0 N–H and O–H groups in total. The molecular weight excluding hydrogens is 192 g/mol. The van der Waals surface area contributed by atoms with Crippen LogP contribution in [0.2, 0.25) is 0 Å². The molecule has 10 heavy (non-hydrogen) atoms. The van der Waals surface area contributed by atoms with E-state index in [1.54, 1.807) is 0 Å². The van der Waals surface area contributed by atoms with Crippen molar-refractivity contribution in [3.05, 3.63) is 16.1 Å². The van der Waals surface area contributed by atoms with E-state index in [1.807, 2.05) is 0 Å². The van der Waals surface area contributed by atoms with Crippen molar-refractivity contribution in [2.75, 3.05) is 0 Å². The quantitative estimate of drug-likeness (QED) is 0.626. The van der Waals surface area contributed by atoms with Crippen LogP contribution in [0.5, 0.6) is 0 Å². The van der Waals surface area contributed by atoms with E-state index >= 15 is 0 Å². The van der Waals surface area contributed by atoms with Gasteiger partial charge in [-0.15, -0.1) is 0 Å². The molecule has 0 radical (unpaired) electrons. The van der Waals surface area contributed by atoms with Crippen molar-refractivity contribution in [1.82, 2.24) is 9.55 Å². The Hall–Kier alpha value is -0.310. The van der Waals surface area contributed by atoms with Gasteiger partial charge >= 0.3 is 0 Å². The molecule has 2 heterocycles. The van der Waals surface area contributed by atoms with Crippen molar-refractivity contribution in [2.24, 2.45) is 0 Å². The van der Waals surface area contributed by atoms with E-state index in [9.17, 15) is 0 Å². The summed E-state index contributed by atoms with van der Waals surface area (Å²) in [6.45, 7) is 3.21. The Morgan fingerprint density at radius 1 is 1.60 bits per heavy atom. The molecule has 0 atom stereocenters. The minimum absolute atomic E-state index is 0.998. The average molecular weight is 201 g/mol. The number of rotatable bonds is 0. The van der Waals surface area contributed by atoms with E-state index in [2.05, 4.69) is 32.4 Å². The standard InChI is InChI=1S/C7H9BrN2/c1-5-6-3-2-4-10(6)7(8)9-5/h2-4H2,1H3. The van der Waals surface area contributed by atoms with Gasteiger partial charge in [0.1, 0.15) is 0 Å². The molecule has 1 aromatic heterocycles. The Bertz CT molecular complexity index is 240. The van der Waals surface area contributed by atoms with Crippen LogP contribution in [0.4, 0.5) is 0 Å². The molecule has 2 rings (SSSR count). The second-order valence-electron chi connectivity index (χ2n) is 2.67. The van der Waals surface area contributed by atoms with E-state index in [-0.39, 0.29) is 0 Å². The smallest absolute Gasteiger partial charge is 0.177 e. The number of halogens is 1. The van der Waals surface area contributed by atoms with Crippen molar-refractivity contribution < 1.29 is 0 Å². The summed E-state index contributed by atoms with van der Waals surface area (Å²) in [6, 6.07) is 0. The van der Waals surface area contributed by atoms with Crippen LogP contribution in [0.3, 0.4) is 0 Å². The van der Waals surface area contributed by atoms with Gasteiger partial charge in [0.25, 0.3) is 0 Å². The largest absolute Gasteiger partial charge is 0.322 e. The molecule has 0 bridgehead atoms. The second kappa shape index (κ2) is 2.09. The van der Waals surface area contributed by atoms with Crippen LogP contribution in [0, 0.1) is 6.92 Å². The third kappa shape index (κ3) is 0.732. The summed E-state index contributed by atoms with van der Waals surface area (Å²) < 4.78 is 3.24. The average Bonchev–Trinajstić information content (AvgIpc) is 2.39. The summed E-state index contributed by atoms with van der Waals surface area (Å²) >= 11 is 3.42. The lowest BCUT2D eigenvalue weighted by molar-refractivity contribution is 0.724. The summed E-state index contributed by atoms with van der Waals surface area (Å²) in [4.78, 5) is 4.31. The zero-order chi connectivity index (χ0) is 7.14. The Labute approximate surface area is 68.4 Å². The van der Waals surface area contributed by atoms with Crippen molar-refractivity contribution in [1.29, 1.82) is 0 Å². The lowest BCUT2D eigenvalue weighted by Crippen LogP contribution is -1.91. The van der Waals surface area contributed by atoms with Crippen molar-refractivity contribution in [2.45, 2.75) is 26.3 Å². The molecule has 0 unspecified atom stereocenters. The number of aryl methyl sites for hydroxylation is 1. The minimum Gasteiger partial charge on any atom is -0.322 e. The maximum absolute atomic E-state index is 4.31. The number of imidazole rings is 1. The molecule has 0 aromatic carbocycles. The van der Waals surface area contributed by atoms with E-state index < -0.39 is 0 Å². The fourth-order valence-corrected chi connectivity index (χ4v) is 2.17. The van der Waals surface area contributed by atoms with Gasteiger partial charge in [0, 0.05) is 12.2 Å². The topological polar surface area (TPSA) is 17.8 Å². The first-order valence-electron chi connectivity index (χ1n) is 3.50. The van der Waals surface area contributed by atoms with Crippen LogP contribution >= 0.6 is 15.9 Å². The summed E-state index contributed by atoms with van der Waals surface area (Å²) in [5, 5.41) is 0. The number of nitrogens with zero attached hydrogens (tertiary/aromatic N) is 2. The summed E-state index contributed by atoms with van der Waals surface area (Å²) in [7, 11) is 0. The Morgan fingerprint density at radius 2 is 2.40 bits per heavy atom. The first-order chi connectivity index (χ1) is 4.79. The molecule has 1 aromatic rings. The van der Waals surface area contributed by atoms with Gasteiger partial charge in [-0.3, -0.25) is 0 Å². The number of hydrogen-bond acceptors (Lipinski definition) is 1. The third-order valence-electron chi connectivity index (χ3n) is 2.02. The number of fused-ring (bicyclic) bond motifs is 1. The summed E-state index contributed by atoms with van der Waals surface area (Å²) in [6.07, 6.45) is 2.47. The molecule has 1 aliphatic rings. The highest BCUT2D eigenvalue weighted by Gasteiger charge is 2.16. The molecule has 0 aliphatic carbocycles. The van der Waals surface area contributed by atoms with Crippen LogP contribution < -0.4 is 0 Å². The Kier molecular flexibility index (Phi) is 1.34. The number of hydrogen-bond donors (Lipinski definition) is 0. The molecule has 0 saturated carbocycles. The zero-order valence-corrected chi connectivity index (χ0v) is 7.48. The van der Waals surface area contributed by atoms with E-state index in [1.165, 1.54) is 24.2 Å². The van der Waals surface area contributed by atoms with Crippen LogP contribution in [0.25, 0.3) is 0 Å². The third-order valence-corrected chi connectivity index (χ3v) is 2.63. The molecule has 0 saturated heterocycles. The summed E-state index contributed by atoms with van der Waals surface area (Å²) in [5.74, 6) is 0. The maximum Gasteiger partial charge on any atom is 0.177 e. The molecule has 1 aliphatic heterocycles. The second-order valence-corrected chi connectivity index (χ2v) is 3.38. The van der Waals surface area contributed by atoms with Gasteiger partial charge in [0.15, 0.2) is 4.73 Å². The van der Waals surface area contributed by atoms with Gasteiger partial charge in [0.2, 0.25) is 0 Å². The predicted molar refractivity (Wildman–Crippen MR) is 43.0 cm³/mol. The maximum atomic E-state index is 4.31. The highest BCUT2D eigenvalue weighted by molar-refractivity contribution is 9.10. The minimum atomic E-state index is 0.998. The molecule has 2 nitrogen and oxygen atoms in total. The van der Waals surface area contributed by atoms with Gasteiger partial charge < -0.3 is 4.57 Å². The molecule has 54 valence electrons. The van der Waals surface area contributed by atoms with Crippen molar-refractivity contribution in [3.8, 4) is 0 Å². The van der Waals surface area contributed by atoms with Crippen molar-refractivity contribution in [3.63, 3.8) is 0 Å². The van der Waals surface area contributed by atoms with Crippen LogP contribution in [0.1, 0.15) is 17.8 Å². The first-order valence-corrected chi connectivity index (χ1v) is 4.30. The lowest BCUT2D eigenvalue weighted by atomic mass is 10.2. The number of aromatic nitrogens is 2. The van der Waals surface area contributed by atoms with Gasteiger partial charge in [-0.2, -0.15) is 0 Å². The van der Waals surface area contributed by atoms with E-state index in [0.717, 1.165) is 11.3 Å². The van der Waals surface area contributed by atoms with Gasteiger partial charge in [-0.1, -0.05) is 0 Å². The highest BCUT2D eigenvalue weighted by Crippen LogP contribution is 2.23. The highest BCUT2D eigenvalue weighted by atomic mass is 79.9. The summed E-state index contributed by atoms with van der Waals surface area (Å²) in [5.41, 5.74) is 2.59. The molecule has 3 heteroatoms. The molecule has 0 spiro atoms. The lowest BCUT2D eigenvalue weighted by Gasteiger charge is -1.94. The normalized spacial score (nSPS) is 15.8. The zero-order valence-electron chi connectivity index (χ0n) is 5.89. The van der Waals surface area contributed by atoms with Gasteiger partial charge in [0.05, 0.1) is 5.69 Å². The monoisotopic (exact) mass is 200 g/mol. The van der Waals surface area contributed by atoms with Crippen molar-refractivity contribution >= 4 is 15.9 Å². The van der Waals surface area contributed by atoms with Crippen LogP contribution in [-0.4, -0.2) is 9.55 Å². The molecular formula is C7H9BrN2. The van der Waals surface area contributed by atoms with Crippen LogP contribution in [-0.2, 0) is 13.0 Å². The predicted octanol–water partition coefficient (Wildman–Crippen LogP) is 1.90. The van der Waals surface area contributed by atoms with Gasteiger partial charge in [-0.05, 0) is 35.7 Å². The molecule has 0 fully saturated rings. The fourth-order valence-electron chi connectivity index (χ4n) is 1.52. The Balaban J connectivity index is 2.61. The van der Waals surface area contributed by atoms with Crippen LogP contribution in [0.15, 0.2) is 4.73 Å². The van der Waals surface area contributed by atoms with E-state index in [4.69, 9.17) is 0 Å². The first kappa shape index (κ1) is 6.40. The fraction of sp³-hybridized carbons (Fsp3) is 0.571. The SMILES string of the molecule is Cc1nc(Br)n2c1CCC2.